The number of benzene rings is 1. The predicted molar refractivity (Wildman–Crippen MR) is 92.8 cm³/mol. The summed E-state index contributed by atoms with van der Waals surface area (Å²) in [5.74, 6) is -2.69. The van der Waals surface area contributed by atoms with E-state index in [1.165, 1.54) is 13.8 Å². The highest BCUT2D eigenvalue weighted by molar-refractivity contribution is 5.92. The zero-order chi connectivity index (χ0) is 22.1. The fourth-order valence-corrected chi connectivity index (χ4v) is 2.41. The lowest BCUT2D eigenvalue weighted by Gasteiger charge is -2.14. The van der Waals surface area contributed by atoms with Crippen LogP contribution in [0.1, 0.15) is 40.1 Å². The number of carbonyl (C=O) groups is 1. The molecule has 0 bridgehead atoms. The summed E-state index contributed by atoms with van der Waals surface area (Å²) in [5, 5.41) is 2.48. The minimum Gasteiger partial charge on any atom is -0.416 e. The molecule has 158 valence electrons. The van der Waals surface area contributed by atoms with E-state index in [1.54, 1.807) is 0 Å². The Kier molecular flexibility index (Phi) is 5.72. The maximum Gasteiger partial charge on any atom is 0.416 e. The molecule has 0 aliphatic carbocycles. The van der Waals surface area contributed by atoms with Crippen molar-refractivity contribution in [1.29, 1.82) is 0 Å². The fraction of sp³-hybridized carbons (Fsp3) is 0.211. The number of oxazole rings is 1. The highest BCUT2D eigenvalue weighted by Crippen LogP contribution is 2.31. The maximum atomic E-state index is 13.7. The van der Waals surface area contributed by atoms with Crippen LogP contribution in [-0.4, -0.2) is 15.9 Å². The molecule has 0 aliphatic heterocycles. The summed E-state index contributed by atoms with van der Waals surface area (Å²) in [5.41, 5.74) is -1.18. The first-order chi connectivity index (χ1) is 14.0. The van der Waals surface area contributed by atoms with Crippen LogP contribution in [0.4, 0.5) is 22.0 Å². The lowest BCUT2D eigenvalue weighted by molar-refractivity contribution is -0.137. The third-order valence-corrected chi connectivity index (χ3v) is 4.12. The molecule has 1 unspecified atom stereocenters. The summed E-state index contributed by atoms with van der Waals surface area (Å²) in [7, 11) is 0. The topological polar surface area (TPSA) is 77.2 Å². The fourth-order valence-electron chi connectivity index (χ4n) is 2.41. The number of aromatic nitrogens is 2. The van der Waals surface area contributed by atoms with Crippen LogP contribution in [0.15, 0.2) is 41.1 Å². The Bertz CT molecular complexity index is 1060. The van der Waals surface area contributed by atoms with Crippen molar-refractivity contribution >= 4 is 5.91 Å². The molecular weight excluding hydrogens is 413 g/mol. The first kappa shape index (κ1) is 21.2. The monoisotopic (exact) mass is 427 g/mol. The number of pyridine rings is 1. The van der Waals surface area contributed by atoms with E-state index in [0.29, 0.717) is 6.07 Å². The molecule has 0 saturated heterocycles. The average molecular weight is 427 g/mol. The van der Waals surface area contributed by atoms with Gasteiger partial charge in [0.25, 0.3) is 5.91 Å². The van der Waals surface area contributed by atoms with Gasteiger partial charge in [0.05, 0.1) is 11.6 Å². The molecule has 3 rings (SSSR count). The molecule has 1 N–H and O–H groups in total. The Morgan fingerprint density at radius 1 is 1.20 bits per heavy atom. The number of nitrogens with one attached hydrogen (secondary N) is 1. The van der Waals surface area contributed by atoms with Gasteiger partial charge >= 0.3 is 12.3 Å². The zero-order valence-electron chi connectivity index (χ0n) is 15.6. The van der Waals surface area contributed by atoms with Gasteiger partial charge in [-0.2, -0.15) is 18.2 Å². The van der Waals surface area contributed by atoms with Crippen molar-refractivity contribution in [3.8, 4) is 12.0 Å². The minimum absolute atomic E-state index is 0.140. The predicted octanol–water partition coefficient (Wildman–Crippen LogP) is 4.96. The van der Waals surface area contributed by atoms with Crippen LogP contribution in [0, 0.1) is 18.6 Å². The number of hydrogen-bond acceptors (Lipinski definition) is 5. The number of hydrogen-bond donors (Lipinski definition) is 1. The maximum absolute atomic E-state index is 13.7. The van der Waals surface area contributed by atoms with Crippen molar-refractivity contribution in [1.82, 2.24) is 15.3 Å². The van der Waals surface area contributed by atoms with Gasteiger partial charge in [-0.05, 0) is 37.6 Å². The number of carbonyl (C=O) groups excluding carboxylic acids is 1. The number of halogens is 5. The summed E-state index contributed by atoms with van der Waals surface area (Å²) in [4.78, 5) is 19.6. The second-order valence-corrected chi connectivity index (χ2v) is 6.29. The molecule has 1 amide bonds. The summed E-state index contributed by atoms with van der Waals surface area (Å²) in [6.45, 7) is 2.79. The molecule has 0 aliphatic rings. The van der Waals surface area contributed by atoms with E-state index in [-0.39, 0.29) is 16.8 Å². The first-order valence-electron chi connectivity index (χ1n) is 8.47. The number of nitrogens with zero attached hydrogens (tertiary/aromatic N) is 2. The van der Waals surface area contributed by atoms with Gasteiger partial charge in [-0.15, -0.1) is 0 Å². The Morgan fingerprint density at radius 3 is 2.50 bits per heavy atom. The van der Waals surface area contributed by atoms with Crippen LogP contribution in [0.5, 0.6) is 12.0 Å². The van der Waals surface area contributed by atoms with E-state index in [2.05, 4.69) is 15.3 Å². The average Bonchev–Trinajstić information content (AvgIpc) is 3.13. The van der Waals surface area contributed by atoms with Gasteiger partial charge in [0.2, 0.25) is 5.88 Å². The number of rotatable bonds is 5. The minimum atomic E-state index is -4.59. The molecule has 2 heterocycles. The van der Waals surface area contributed by atoms with Crippen LogP contribution < -0.4 is 10.1 Å². The molecule has 11 heteroatoms. The molecule has 1 aromatic carbocycles. The van der Waals surface area contributed by atoms with Gasteiger partial charge in [0.1, 0.15) is 17.9 Å². The van der Waals surface area contributed by atoms with E-state index in [0.717, 1.165) is 30.7 Å². The van der Waals surface area contributed by atoms with Crippen molar-refractivity contribution < 1.29 is 35.9 Å². The van der Waals surface area contributed by atoms with Gasteiger partial charge in [0.15, 0.2) is 5.69 Å². The summed E-state index contributed by atoms with van der Waals surface area (Å²) < 4.78 is 75.5. The normalized spacial score (nSPS) is 12.5. The first-order valence-corrected chi connectivity index (χ1v) is 8.47. The summed E-state index contributed by atoms with van der Waals surface area (Å²) in [6, 6.07) is 2.83. The van der Waals surface area contributed by atoms with Crippen LogP contribution in [0.3, 0.4) is 0 Å². The highest BCUT2D eigenvalue weighted by atomic mass is 19.4. The Hall–Kier alpha value is -3.50. The molecular formula is C19H14F5N3O3. The van der Waals surface area contributed by atoms with E-state index >= 15 is 0 Å². The lowest BCUT2D eigenvalue weighted by Crippen LogP contribution is -2.27. The van der Waals surface area contributed by atoms with Crippen LogP contribution in [0.2, 0.25) is 0 Å². The van der Waals surface area contributed by atoms with Crippen molar-refractivity contribution in [3.05, 3.63) is 70.7 Å². The van der Waals surface area contributed by atoms with Gasteiger partial charge in [-0.1, -0.05) is 0 Å². The standard InChI is InChI=1S/C19H14F5N3O3/c1-9-13(20)5-11(6-14(9)21)10(2)26-17(28)15-8-29-18(27-15)30-16-7-12(3-4-25-16)19(22,23)24/h3-8,10H,1-2H3,(H,26,28). The number of amides is 1. The lowest BCUT2D eigenvalue weighted by atomic mass is 10.1. The van der Waals surface area contributed by atoms with E-state index < -0.39 is 47.3 Å². The molecule has 0 fully saturated rings. The van der Waals surface area contributed by atoms with Crippen molar-refractivity contribution in [3.63, 3.8) is 0 Å². The van der Waals surface area contributed by atoms with E-state index in [9.17, 15) is 26.7 Å². The zero-order valence-corrected chi connectivity index (χ0v) is 15.6. The van der Waals surface area contributed by atoms with Gasteiger partial charge in [0, 0.05) is 17.8 Å². The Balaban J connectivity index is 1.69. The van der Waals surface area contributed by atoms with Crippen molar-refractivity contribution in [2.24, 2.45) is 0 Å². The van der Waals surface area contributed by atoms with Gasteiger partial charge < -0.3 is 14.5 Å². The third-order valence-electron chi connectivity index (χ3n) is 4.12. The number of ether oxygens (including phenoxy) is 1. The van der Waals surface area contributed by atoms with Crippen molar-refractivity contribution in [2.45, 2.75) is 26.1 Å². The summed E-state index contributed by atoms with van der Waals surface area (Å²) in [6.07, 6.45) is -3.28. The third kappa shape index (κ3) is 4.73. The smallest absolute Gasteiger partial charge is 0.416 e. The second-order valence-electron chi connectivity index (χ2n) is 6.29. The summed E-state index contributed by atoms with van der Waals surface area (Å²) >= 11 is 0. The molecule has 0 spiro atoms. The molecule has 1 atom stereocenters. The van der Waals surface area contributed by atoms with Crippen LogP contribution >= 0.6 is 0 Å². The SMILES string of the molecule is Cc1c(F)cc(C(C)NC(=O)c2coc(Oc3cc(C(F)(F)F)ccn3)n2)cc1F. The Labute approximate surface area is 166 Å². The molecule has 0 radical (unpaired) electrons. The van der Waals surface area contributed by atoms with E-state index in [1.807, 2.05) is 0 Å². The van der Waals surface area contributed by atoms with E-state index in [4.69, 9.17) is 9.15 Å². The Morgan fingerprint density at radius 2 is 1.87 bits per heavy atom. The van der Waals surface area contributed by atoms with Crippen LogP contribution in [-0.2, 0) is 6.18 Å². The molecule has 0 saturated carbocycles. The molecule has 6 nitrogen and oxygen atoms in total. The quantitative estimate of drug-likeness (QED) is 0.583. The highest BCUT2D eigenvalue weighted by Gasteiger charge is 2.31. The molecule has 30 heavy (non-hydrogen) atoms. The van der Waals surface area contributed by atoms with Gasteiger partial charge in [-0.25, -0.2) is 13.8 Å². The van der Waals surface area contributed by atoms with Crippen LogP contribution in [0.25, 0.3) is 0 Å². The molecule has 3 aromatic rings. The van der Waals surface area contributed by atoms with Crippen molar-refractivity contribution in [2.75, 3.05) is 0 Å². The van der Waals surface area contributed by atoms with Gasteiger partial charge in [-0.3, -0.25) is 4.79 Å². The largest absolute Gasteiger partial charge is 0.416 e. The number of alkyl halides is 3. The molecule has 2 aromatic heterocycles. The second kappa shape index (κ2) is 8.09.